The molecule has 1 aliphatic carbocycles. The number of carbonyl (C=O) groups excluding carboxylic acids is 1. The first-order valence-corrected chi connectivity index (χ1v) is 7.27. The highest BCUT2D eigenvalue weighted by Crippen LogP contribution is 2.27. The van der Waals surface area contributed by atoms with Gasteiger partial charge in [0.05, 0.1) is 0 Å². The molecule has 110 valence electrons. The summed E-state index contributed by atoms with van der Waals surface area (Å²) < 4.78 is 0. The second kappa shape index (κ2) is 8.91. The molecule has 1 saturated carbocycles. The van der Waals surface area contributed by atoms with Crippen LogP contribution in [0.4, 0.5) is 0 Å². The molecular weight excluding hydrogens is 246 g/mol. The Morgan fingerprint density at radius 2 is 1.89 bits per heavy atom. The molecule has 0 unspecified atom stereocenters. The molecule has 1 atom stereocenters. The molecule has 0 saturated heterocycles. The molecule has 5 nitrogen and oxygen atoms in total. The summed E-state index contributed by atoms with van der Waals surface area (Å²) in [7, 11) is 0. The van der Waals surface area contributed by atoms with Crippen LogP contribution in [-0.2, 0) is 9.59 Å². The molecule has 0 aliphatic heterocycles. The minimum absolute atomic E-state index is 0.0478. The van der Waals surface area contributed by atoms with Gasteiger partial charge in [0, 0.05) is 19.4 Å². The monoisotopic (exact) mass is 271 g/mol. The number of aliphatic hydroxyl groups excluding tert-OH is 1. The van der Waals surface area contributed by atoms with E-state index in [0.29, 0.717) is 6.42 Å². The van der Waals surface area contributed by atoms with E-state index in [2.05, 4.69) is 5.32 Å². The number of hydrogen-bond acceptors (Lipinski definition) is 3. The van der Waals surface area contributed by atoms with Crippen LogP contribution in [0, 0.1) is 5.92 Å². The number of nitrogens with one attached hydrogen (secondary N) is 1. The molecule has 1 rings (SSSR count). The maximum atomic E-state index is 11.5. The lowest BCUT2D eigenvalue weighted by Crippen LogP contribution is -2.29. The third kappa shape index (κ3) is 7.15. The van der Waals surface area contributed by atoms with Gasteiger partial charge in [-0.3, -0.25) is 4.79 Å². The Morgan fingerprint density at radius 1 is 1.21 bits per heavy atom. The van der Waals surface area contributed by atoms with Gasteiger partial charge in [-0.15, -0.1) is 0 Å². The average molecular weight is 271 g/mol. The fourth-order valence-corrected chi connectivity index (χ4v) is 2.59. The van der Waals surface area contributed by atoms with Crippen molar-refractivity contribution in [3.8, 4) is 0 Å². The summed E-state index contributed by atoms with van der Waals surface area (Å²) in [6.07, 6.45) is 7.78. The molecule has 1 fully saturated rings. The van der Waals surface area contributed by atoms with Crippen molar-refractivity contribution in [2.45, 2.75) is 63.9 Å². The molecule has 0 aromatic carbocycles. The third-order valence-corrected chi connectivity index (χ3v) is 3.77. The maximum absolute atomic E-state index is 11.5. The smallest absolute Gasteiger partial charge is 0.332 e. The lowest BCUT2D eigenvalue weighted by atomic mass is 9.86. The molecule has 0 spiro atoms. The first kappa shape index (κ1) is 16.0. The van der Waals surface area contributed by atoms with E-state index < -0.39 is 12.1 Å². The minimum atomic E-state index is -1.39. The van der Waals surface area contributed by atoms with Gasteiger partial charge in [0.25, 0.3) is 0 Å². The number of carboxylic acids is 1. The summed E-state index contributed by atoms with van der Waals surface area (Å²) in [5.74, 6) is -0.504. The molecular formula is C14H25NO4. The fourth-order valence-electron chi connectivity index (χ4n) is 2.59. The van der Waals surface area contributed by atoms with Crippen molar-refractivity contribution in [2.24, 2.45) is 5.92 Å². The van der Waals surface area contributed by atoms with Crippen LogP contribution in [-0.4, -0.2) is 34.7 Å². The molecule has 5 heteroatoms. The SMILES string of the molecule is O=C(CCCC1CCCCC1)NCC[C@H](O)C(=O)O. The Balaban J connectivity index is 1.99. The first-order chi connectivity index (χ1) is 9.09. The second-order valence-corrected chi connectivity index (χ2v) is 5.39. The van der Waals surface area contributed by atoms with Crippen LogP contribution < -0.4 is 5.32 Å². The maximum Gasteiger partial charge on any atom is 0.332 e. The zero-order chi connectivity index (χ0) is 14.1. The third-order valence-electron chi connectivity index (χ3n) is 3.77. The molecule has 0 aromatic rings. The van der Waals surface area contributed by atoms with Gasteiger partial charge >= 0.3 is 5.97 Å². The Labute approximate surface area is 114 Å². The van der Waals surface area contributed by atoms with Gasteiger partial charge in [0.1, 0.15) is 0 Å². The largest absolute Gasteiger partial charge is 0.479 e. The van der Waals surface area contributed by atoms with Crippen LogP contribution in [0.2, 0.25) is 0 Å². The van der Waals surface area contributed by atoms with E-state index in [1.165, 1.54) is 32.1 Å². The fraction of sp³-hybridized carbons (Fsp3) is 0.857. The van der Waals surface area contributed by atoms with Gasteiger partial charge in [-0.1, -0.05) is 32.1 Å². The molecule has 1 amide bonds. The van der Waals surface area contributed by atoms with Crippen molar-refractivity contribution < 1.29 is 19.8 Å². The Morgan fingerprint density at radius 3 is 2.53 bits per heavy atom. The summed E-state index contributed by atoms with van der Waals surface area (Å²) in [5, 5.41) is 20.1. The quantitative estimate of drug-likeness (QED) is 0.627. The number of rotatable bonds is 8. The predicted molar refractivity (Wildman–Crippen MR) is 71.7 cm³/mol. The Kier molecular flexibility index (Phi) is 7.48. The standard InChI is InChI=1S/C14H25NO4/c16-12(14(18)19)9-10-15-13(17)8-4-7-11-5-2-1-3-6-11/h11-12,16H,1-10H2,(H,15,17)(H,18,19)/t12-/m0/s1. The highest BCUT2D eigenvalue weighted by Gasteiger charge is 2.14. The lowest BCUT2D eigenvalue weighted by molar-refractivity contribution is -0.147. The normalized spacial score (nSPS) is 17.9. The molecule has 0 aromatic heterocycles. The van der Waals surface area contributed by atoms with Crippen molar-refractivity contribution in [2.75, 3.05) is 6.54 Å². The zero-order valence-electron chi connectivity index (χ0n) is 11.4. The number of hydrogen-bond donors (Lipinski definition) is 3. The van der Waals surface area contributed by atoms with Crippen LogP contribution >= 0.6 is 0 Å². The molecule has 3 N–H and O–H groups in total. The topological polar surface area (TPSA) is 86.6 Å². The van der Waals surface area contributed by atoms with Crippen LogP contribution in [0.1, 0.15) is 57.8 Å². The van der Waals surface area contributed by atoms with Gasteiger partial charge in [0.15, 0.2) is 6.10 Å². The summed E-state index contributed by atoms with van der Waals surface area (Å²) in [6, 6.07) is 0. The summed E-state index contributed by atoms with van der Waals surface area (Å²) in [4.78, 5) is 21.9. The van der Waals surface area contributed by atoms with Gasteiger partial charge in [-0.05, 0) is 18.8 Å². The van der Waals surface area contributed by atoms with Crippen molar-refractivity contribution in [1.82, 2.24) is 5.32 Å². The summed E-state index contributed by atoms with van der Waals surface area (Å²) in [6.45, 7) is 0.218. The summed E-state index contributed by atoms with van der Waals surface area (Å²) >= 11 is 0. The predicted octanol–water partition coefficient (Wildman–Crippen LogP) is 1.69. The van der Waals surface area contributed by atoms with E-state index in [0.717, 1.165) is 18.8 Å². The molecule has 1 aliphatic rings. The van der Waals surface area contributed by atoms with Crippen LogP contribution in [0.15, 0.2) is 0 Å². The zero-order valence-corrected chi connectivity index (χ0v) is 11.4. The van der Waals surface area contributed by atoms with E-state index in [1.54, 1.807) is 0 Å². The van der Waals surface area contributed by atoms with Gasteiger partial charge in [-0.25, -0.2) is 4.79 Å². The minimum Gasteiger partial charge on any atom is -0.479 e. The molecule has 0 heterocycles. The van der Waals surface area contributed by atoms with E-state index >= 15 is 0 Å². The van der Waals surface area contributed by atoms with Crippen molar-refractivity contribution in [3.05, 3.63) is 0 Å². The van der Waals surface area contributed by atoms with Crippen LogP contribution in [0.5, 0.6) is 0 Å². The van der Waals surface area contributed by atoms with Crippen LogP contribution in [0.25, 0.3) is 0 Å². The molecule has 0 bridgehead atoms. The average Bonchev–Trinajstić information content (AvgIpc) is 2.39. The van der Waals surface area contributed by atoms with E-state index in [4.69, 9.17) is 10.2 Å². The van der Waals surface area contributed by atoms with E-state index in [-0.39, 0.29) is 18.9 Å². The van der Waals surface area contributed by atoms with Crippen LogP contribution in [0.3, 0.4) is 0 Å². The number of carbonyl (C=O) groups is 2. The number of carboxylic acid groups (broad SMARTS) is 1. The van der Waals surface area contributed by atoms with Gasteiger partial charge in [0.2, 0.25) is 5.91 Å². The van der Waals surface area contributed by atoms with E-state index in [1.807, 2.05) is 0 Å². The number of amides is 1. The second-order valence-electron chi connectivity index (χ2n) is 5.39. The summed E-state index contributed by atoms with van der Waals surface area (Å²) in [5.41, 5.74) is 0. The van der Waals surface area contributed by atoms with Crippen molar-refractivity contribution in [1.29, 1.82) is 0 Å². The Hall–Kier alpha value is -1.10. The first-order valence-electron chi connectivity index (χ1n) is 7.27. The van der Waals surface area contributed by atoms with Crippen molar-refractivity contribution >= 4 is 11.9 Å². The number of aliphatic carboxylic acids is 1. The van der Waals surface area contributed by atoms with E-state index in [9.17, 15) is 9.59 Å². The molecule has 0 radical (unpaired) electrons. The van der Waals surface area contributed by atoms with Crippen molar-refractivity contribution in [3.63, 3.8) is 0 Å². The molecule has 19 heavy (non-hydrogen) atoms. The highest BCUT2D eigenvalue weighted by molar-refractivity contribution is 5.76. The highest BCUT2D eigenvalue weighted by atomic mass is 16.4. The van der Waals surface area contributed by atoms with Gasteiger partial charge in [-0.2, -0.15) is 0 Å². The Bertz CT molecular complexity index is 287. The van der Waals surface area contributed by atoms with Gasteiger partial charge < -0.3 is 15.5 Å². The lowest BCUT2D eigenvalue weighted by Gasteiger charge is -2.21. The number of aliphatic hydroxyl groups is 1.